The van der Waals surface area contributed by atoms with Crippen molar-refractivity contribution in [1.29, 1.82) is 0 Å². The minimum absolute atomic E-state index is 0.177. The maximum Gasteiger partial charge on any atom is 0.169 e. The van der Waals surface area contributed by atoms with Crippen molar-refractivity contribution in [3.05, 3.63) is 0 Å². The van der Waals surface area contributed by atoms with E-state index in [1.54, 1.807) is 0 Å². The van der Waals surface area contributed by atoms with Crippen molar-refractivity contribution in [1.82, 2.24) is 5.48 Å². The lowest BCUT2D eigenvalue weighted by atomic mass is 9.44. The molecule has 9 atom stereocenters. The van der Waals surface area contributed by atoms with E-state index in [-0.39, 0.29) is 5.72 Å². The van der Waals surface area contributed by atoms with E-state index in [1.807, 2.05) is 0 Å². The van der Waals surface area contributed by atoms with Crippen molar-refractivity contribution in [2.24, 2.45) is 52.3 Å². The highest BCUT2D eigenvalue weighted by Gasteiger charge is 2.62. The van der Waals surface area contributed by atoms with E-state index < -0.39 is 0 Å². The molecule has 0 bridgehead atoms. The molecule has 2 unspecified atom stereocenters. The van der Waals surface area contributed by atoms with Gasteiger partial charge in [0.05, 0.1) is 0 Å². The van der Waals surface area contributed by atoms with Crippen LogP contribution < -0.4 is 5.48 Å². The summed E-state index contributed by atoms with van der Waals surface area (Å²) in [6.45, 7) is 13.2. The first-order chi connectivity index (χ1) is 14.8. The second-order valence-corrected chi connectivity index (χ2v) is 13.4. The molecular formula is C28H49NO2. The highest BCUT2D eigenvalue weighted by Crippen LogP contribution is 2.69. The topological polar surface area (TPSA) is 30.5 Å². The zero-order valence-electron chi connectivity index (χ0n) is 21.1. The maximum atomic E-state index is 6.05. The quantitative estimate of drug-likeness (QED) is 0.495. The number of ether oxygens (including phenoxy) is 1. The molecule has 0 radical (unpaired) electrons. The highest BCUT2D eigenvalue weighted by atomic mass is 16.8. The Balaban J connectivity index is 1.28. The first-order valence-electron chi connectivity index (χ1n) is 13.8. The zero-order valence-corrected chi connectivity index (χ0v) is 21.1. The summed E-state index contributed by atoms with van der Waals surface area (Å²) in [5, 5.41) is 0. The monoisotopic (exact) mass is 431 g/mol. The van der Waals surface area contributed by atoms with E-state index in [4.69, 9.17) is 9.57 Å². The third-order valence-corrected chi connectivity index (χ3v) is 11.6. The van der Waals surface area contributed by atoms with Gasteiger partial charge >= 0.3 is 0 Å². The minimum atomic E-state index is -0.177. The summed E-state index contributed by atoms with van der Waals surface area (Å²) in [5.74, 6) is 6.46. The molecule has 1 saturated heterocycles. The third-order valence-electron chi connectivity index (χ3n) is 11.6. The molecule has 178 valence electrons. The van der Waals surface area contributed by atoms with E-state index in [9.17, 15) is 0 Å². The second kappa shape index (κ2) is 8.27. The molecule has 4 aliphatic carbocycles. The molecule has 0 amide bonds. The van der Waals surface area contributed by atoms with Crippen molar-refractivity contribution >= 4 is 0 Å². The van der Waals surface area contributed by atoms with Gasteiger partial charge in [0.1, 0.15) is 5.72 Å². The van der Waals surface area contributed by atoms with Crippen LogP contribution >= 0.6 is 0 Å². The van der Waals surface area contributed by atoms with Gasteiger partial charge in [-0.05, 0) is 110 Å². The first kappa shape index (κ1) is 22.7. The first-order valence-corrected chi connectivity index (χ1v) is 13.8. The van der Waals surface area contributed by atoms with Crippen LogP contribution in [0.15, 0.2) is 0 Å². The number of hydrogen-bond donors (Lipinski definition) is 1. The van der Waals surface area contributed by atoms with Gasteiger partial charge in [-0.1, -0.05) is 53.9 Å². The molecule has 5 fully saturated rings. The Labute approximate surface area is 191 Å². The zero-order chi connectivity index (χ0) is 21.9. The van der Waals surface area contributed by atoms with Gasteiger partial charge in [0.15, 0.2) is 6.79 Å². The van der Waals surface area contributed by atoms with Crippen LogP contribution in [0.3, 0.4) is 0 Å². The Morgan fingerprint density at radius 1 is 0.871 bits per heavy atom. The largest absolute Gasteiger partial charge is 0.331 e. The van der Waals surface area contributed by atoms with Crippen LogP contribution in [0.25, 0.3) is 0 Å². The van der Waals surface area contributed by atoms with E-state index in [2.05, 4.69) is 40.1 Å². The average molecular weight is 432 g/mol. The smallest absolute Gasteiger partial charge is 0.169 e. The van der Waals surface area contributed by atoms with Crippen molar-refractivity contribution < 1.29 is 9.57 Å². The van der Waals surface area contributed by atoms with Crippen molar-refractivity contribution in [2.45, 2.75) is 117 Å². The molecule has 31 heavy (non-hydrogen) atoms. The summed E-state index contributed by atoms with van der Waals surface area (Å²) < 4.78 is 6.05. The molecule has 0 aromatic rings. The SMILES string of the molecule is CC(C)CCC[C@@H](C)[C@H]1CC[C@H]2[C@@H]3CCC4CC5(CC[C@]4(C)[C@H]3CC[C@]12C)NOCO5. The fourth-order valence-electron chi connectivity index (χ4n) is 9.81. The molecule has 0 aromatic heterocycles. The van der Waals surface area contributed by atoms with Gasteiger partial charge in [-0.3, -0.25) is 4.84 Å². The van der Waals surface area contributed by atoms with E-state index in [1.165, 1.54) is 64.2 Å². The number of hydrogen-bond acceptors (Lipinski definition) is 3. The molecule has 5 aliphatic rings. The molecule has 1 aliphatic heterocycles. The van der Waals surface area contributed by atoms with Crippen LogP contribution in [0, 0.1) is 52.3 Å². The number of hydroxylamine groups is 1. The van der Waals surface area contributed by atoms with Gasteiger partial charge in [0.2, 0.25) is 0 Å². The molecule has 0 aromatic carbocycles. The van der Waals surface area contributed by atoms with E-state index in [0.29, 0.717) is 17.6 Å². The number of fused-ring (bicyclic) bond motifs is 5. The van der Waals surface area contributed by atoms with Crippen LogP contribution in [0.2, 0.25) is 0 Å². The maximum absolute atomic E-state index is 6.05. The van der Waals surface area contributed by atoms with Gasteiger partial charge in [-0.15, -0.1) is 0 Å². The summed E-state index contributed by atoms with van der Waals surface area (Å²) in [6.07, 6.45) is 16.8. The fraction of sp³-hybridized carbons (Fsp3) is 1.00. The minimum Gasteiger partial charge on any atom is -0.331 e. The fourth-order valence-corrected chi connectivity index (χ4v) is 9.81. The van der Waals surface area contributed by atoms with Crippen LogP contribution in [0.5, 0.6) is 0 Å². The predicted molar refractivity (Wildman–Crippen MR) is 126 cm³/mol. The number of rotatable bonds is 5. The second-order valence-electron chi connectivity index (χ2n) is 13.4. The Kier molecular flexibility index (Phi) is 6.05. The summed E-state index contributed by atoms with van der Waals surface area (Å²) in [5.41, 5.74) is 4.21. The Hall–Kier alpha value is -0.120. The van der Waals surface area contributed by atoms with Crippen molar-refractivity contribution in [2.75, 3.05) is 6.79 Å². The normalized spacial score (nSPS) is 50.3. The Morgan fingerprint density at radius 2 is 1.68 bits per heavy atom. The van der Waals surface area contributed by atoms with Gasteiger partial charge in [0.25, 0.3) is 0 Å². The van der Waals surface area contributed by atoms with Gasteiger partial charge in [-0.25, -0.2) is 0 Å². The molecule has 1 spiro atoms. The summed E-state index contributed by atoms with van der Waals surface area (Å²) >= 11 is 0. The molecule has 4 saturated carbocycles. The van der Waals surface area contributed by atoms with Crippen LogP contribution in [-0.4, -0.2) is 12.5 Å². The Morgan fingerprint density at radius 3 is 2.42 bits per heavy atom. The molecular weight excluding hydrogens is 382 g/mol. The summed E-state index contributed by atoms with van der Waals surface area (Å²) in [6, 6.07) is 0. The summed E-state index contributed by atoms with van der Waals surface area (Å²) in [7, 11) is 0. The van der Waals surface area contributed by atoms with E-state index in [0.717, 1.165) is 54.3 Å². The molecule has 5 rings (SSSR count). The molecule has 1 N–H and O–H groups in total. The third kappa shape index (κ3) is 3.73. The van der Waals surface area contributed by atoms with Crippen LogP contribution in [0.4, 0.5) is 0 Å². The lowest BCUT2D eigenvalue weighted by molar-refractivity contribution is -0.161. The highest BCUT2D eigenvalue weighted by molar-refractivity contribution is 5.10. The van der Waals surface area contributed by atoms with Gasteiger partial charge in [0, 0.05) is 0 Å². The van der Waals surface area contributed by atoms with Gasteiger partial charge < -0.3 is 4.74 Å². The Bertz CT molecular complexity index is 643. The average Bonchev–Trinajstić information content (AvgIpc) is 3.32. The predicted octanol–water partition coefficient (Wildman–Crippen LogP) is 7.31. The molecule has 1 heterocycles. The standard InChI is InChI=1S/C28H49NO2/c1-19(2)7-6-8-20(3)23-11-12-24-22-10-9-21-17-28(29-31-18-30-28)16-15-26(21,4)25(22)13-14-27(23,24)5/h19-25,29H,6-18H2,1-5H3/t20-,21?,22+,23-,24+,25+,26+,27-,28?/m1/s1. The van der Waals surface area contributed by atoms with Gasteiger partial charge in [-0.2, -0.15) is 5.48 Å². The van der Waals surface area contributed by atoms with Crippen LogP contribution in [-0.2, 0) is 9.57 Å². The molecule has 3 nitrogen and oxygen atoms in total. The van der Waals surface area contributed by atoms with Crippen LogP contribution in [0.1, 0.15) is 112 Å². The van der Waals surface area contributed by atoms with Crippen molar-refractivity contribution in [3.8, 4) is 0 Å². The lowest BCUT2D eigenvalue weighted by Gasteiger charge is -2.62. The molecule has 3 heteroatoms. The van der Waals surface area contributed by atoms with E-state index >= 15 is 0 Å². The number of nitrogens with one attached hydrogen (secondary N) is 1. The van der Waals surface area contributed by atoms with Crippen molar-refractivity contribution in [3.63, 3.8) is 0 Å². The summed E-state index contributed by atoms with van der Waals surface area (Å²) in [4.78, 5) is 5.43. The lowest BCUT2D eigenvalue weighted by Crippen LogP contribution is -2.58.